The summed E-state index contributed by atoms with van der Waals surface area (Å²) in [6, 6.07) is 0. The number of carbonyl (C=O) groups excluding carboxylic acids is 2. The molecule has 1 N–H and O–H groups in total. The molecule has 3 nitrogen and oxygen atoms in total. The van der Waals surface area contributed by atoms with Crippen LogP contribution in [0.15, 0.2) is 0 Å². The van der Waals surface area contributed by atoms with Gasteiger partial charge in [0, 0.05) is 38.6 Å². The third-order valence-corrected chi connectivity index (χ3v) is 0.787. The topological polar surface area (TPSA) is 46.2 Å². The van der Waals surface area contributed by atoms with Gasteiger partial charge in [-0.15, -0.1) is 0 Å². The van der Waals surface area contributed by atoms with Crippen LogP contribution in [-0.2, 0) is 42.3 Å². The van der Waals surface area contributed by atoms with Crippen molar-refractivity contribution in [1.82, 2.24) is 5.32 Å². The number of nitrogens with one attached hydrogen (secondary N) is 1. The van der Waals surface area contributed by atoms with Gasteiger partial charge in [-0.05, 0) is 0 Å². The molecule has 1 radical (unpaired) electrons. The SMILES string of the molecule is [CH2-]C(=O)NC(=O)C(C)C.[Y]. The minimum absolute atomic E-state index is 0. The second-order valence-electron chi connectivity index (χ2n) is 2.07. The fraction of sp³-hybridized carbons (Fsp3) is 0.500. The van der Waals surface area contributed by atoms with Gasteiger partial charge in [-0.3, -0.25) is 4.79 Å². The van der Waals surface area contributed by atoms with Crippen molar-refractivity contribution in [3.63, 3.8) is 0 Å². The molecule has 4 heteroatoms. The van der Waals surface area contributed by atoms with Crippen molar-refractivity contribution in [3.05, 3.63) is 6.92 Å². The van der Waals surface area contributed by atoms with Crippen molar-refractivity contribution in [1.29, 1.82) is 0 Å². The van der Waals surface area contributed by atoms with Gasteiger partial charge in [0.1, 0.15) is 0 Å². The molecule has 0 bridgehead atoms. The predicted octanol–water partition coefficient (Wildman–Crippen LogP) is 0.117. The summed E-state index contributed by atoms with van der Waals surface area (Å²) in [6.07, 6.45) is 0. The molecule has 0 unspecified atom stereocenters. The molecular weight excluding hydrogens is 207 g/mol. The van der Waals surface area contributed by atoms with E-state index < -0.39 is 5.91 Å². The maximum atomic E-state index is 10.6. The number of carbonyl (C=O) groups is 2. The van der Waals surface area contributed by atoms with E-state index in [2.05, 4.69) is 12.2 Å². The van der Waals surface area contributed by atoms with E-state index in [1.165, 1.54) is 0 Å². The number of hydrogen-bond acceptors (Lipinski definition) is 2. The first-order valence-corrected chi connectivity index (χ1v) is 2.71. The Morgan fingerprint density at radius 3 is 1.90 bits per heavy atom. The Kier molecular flexibility index (Phi) is 7.49. The zero-order chi connectivity index (χ0) is 7.44. The van der Waals surface area contributed by atoms with Crippen LogP contribution in [0.1, 0.15) is 13.8 Å². The van der Waals surface area contributed by atoms with Crippen LogP contribution in [0.5, 0.6) is 0 Å². The van der Waals surface area contributed by atoms with Crippen LogP contribution in [0.2, 0.25) is 0 Å². The third kappa shape index (κ3) is 6.24. The quantitative estimate of drug-likeness (QED) is 0.634. The Morgan fingerprint density at radius 1 is 1.40 bits per heavy atom. The second kappa shape index (κ2) is 5.87. The van der Waals surface area contributed by atoms with Gasteiger partial charge in [-0.1, -0.05) is 13.8 Å². The number of hydrogen-bond donors (Lipinski definition) is 1. The summed E-state index contributed by atoms with van der Waals surface area (Å²) in [7, 11) is 0. The van der Waals surface area contributed by atoms with Crippen LogP contribution < -0.4 is 5.32 Å². The minimum atomic E-state index is -0.547. The van der Waals surface area contributed by atoms with Gasteiger partial charge in [-0.2, -0.15) is 0 Å². The number of imide groups is 1. The fourth-order valence-corrected chi connectivity index (χ4v) is 0.282. The van der Waals surface area contributed by atoms with Gasteiger partial charge in [0.25, 0.3) is 0 Å². The third-order valence-electron chi connectivity index (χ3n) is 0.787. The molecule has 0 saturated carbocycles. The summed E-state index contributed by atoms with van der Waals surface area (Å²) in [5.74, 6) is -0.987. The summed E-state index contributed by atoms with van der Waals surface area (Å²) in [5.41, 5.74) is 0. The van der Waals surface area contributed by atoms with Gasteiger partial charge in [0.05, 0.1) is 5.91 Å². The standard InChI is InChI=1S/C6H10NO2.Y/c1-4(2)6(9)7-5(3)8;/h4H,3H2,1-2H3,(H,7,8,9);/q-1;. The maximum Gasteiger partial charge on any atom is 0.227 e. The molecule has 0 saturated heterocycles. The van der Waals surface area contributed by atoms with E-state index in [1.807, 2.05) is 0 Å². The van der Waals surface area contributed by atoms with Crippen molar-refractivity contribution in [2.24, 2.45) is 5.92 Å². The number of rotatable bonds is 1. The van der Waals surface area contributed by atoms with E-state index in [0.29, 0.717) is 0 Å². The van der Waals surface area contributed by atoms with E-state index in [9.17, 15) is 9.59 Å². The molecule has 0 aliphatic rings. The first-order valence-electron chi connectivity index (χ1n) is 2.71. The van der Waals surface area contributed by atoms with Gasteiger partial charge < -0.3 is 17.0 Å². The Hall–Kier alpha value is 0.114. The van der Waals surface area contributed by atoms with Crippen LogP contribution in [-0.4, -0.2) is 11.8 Å². The molecule has 2 amide bonds. The first kappa shape index (κ1) is 12.8. The molecule has 55 valence electrons. The van der Waals surface area contributed by atoms with Crippen LogP contribution >= 0.6 is 0 Å². The molecule has 10 heavy (non-hydrogen) atoms. The van der Waals surface area contributed by atoms with E-state index in [4.69, 9.17) is 0 Å². The van der Waals surface area contributed by atoms with Crippen LogP contribution in [0.4, 0.5) is 0 Å². The van der Waals surface area contributed by atoms with E-state index in [-0.39, 0.29) is 44.5 Å². The molecule has 0 fully saturated rings. The minimum Gasteiger partial charge on any atom is -0.322 e. The predicted molar refractivity (Wildman–Crippen MR) is 33.3 cm³/mol. The van der Waals surface area contributed by atoms with Crippen molar-refractivity contribution in [3.8, 4) is 0 Å². The summed E-state index contributed by atoms with van der Waals surface area (Å²) in [4.78, 5) is 20.7. The van der Waals surface area contributed by atoms with E-state index in [1.54, 1.807) is 13.8 Å². The van der Waals surface area contributed by atoms with Crippen LogP contribution in [0.3, 0.4) is 0 Å². The molecule has 0 spiro atoms. The Morgan fingerprint density at radius 2 is 1.80 bits per heavy atom. The van der Waals surface area contributed by atoms with Gasteiger partial charge >= 0.3 is 0 Å². The second-order valence-corrected chi connectivity index (χ2v) is 2.07. The number of amides is 2. The molecule has 0 aromatic heterocycles. The average molecular weight is 217 g/mol. The molecule has 0 aliphatic heterocycles. The normalized spacial score (nSPS) is 8.30. The van der Waals surface area contributed by atoms with Gasteiger partial charge in [-0.25, -0.2) is 0 Å². The Labute approximate surface area is 85.8 Å². The molecular formula is C6H10NO2Y-. The summed E-state index contributed by atoms with van der Waals surface area (Å²) >= 11 is 0. The summed E-state index contributed by atoms with van der Waals surface area (Å²) < 4.78 is 0. The summed E-state index contributed by atoms with van der Waals surface area (Å²) in [6.45, 7) is 6.40. The average Bonchev–Trinajstić information content (AvgIpc) is 1.63. The Balaban J connectivity index is 0. The molecule has 0 rings (SSSR count). The first-order chi connectivity index (χ1) is 4.04. The molecule has 0 heterocycles. The zero-order valence-electron chi connectivity index (χ0n) is 6.18. The molecule has 0 aliphatic carbocycles. The van der Waals surface area contributed by atoms with Crippen LogP contribution in [0.25, 0.3) is 0 Å². The van der Waals surface area contributed by atoms with Crippen LogP contribution in [0, 0.1) is 12.8 Å². The fourth-order valence-electron chi connectivity index (χ4n) is 0.282. The monoisotopic (exact) mass is 217 g/mol. The smallest absolute Gasteiger partial charge is 0.227 e. The van der Waals surface area contributed by atoms with Crippen molar-refractivity contribution >= 4 is 11.8 Å². The Bertz CT molecular complexity index is 134. The molecule has 0 aromatic rings. The molecule has 0 atom stereocenters. The zero-order valence-corrected chi connectivity index (χ0v) is 9.02. The van der Waals surface area contributed by atoms with Crippen molar-refractivity contribution in [2.75, 3.05) is 0 Å². The van der Waals surface area contributed by atoms with Crippen molar-refractivity contribution < 1.29 is 42.3 Å². The van der Waals surface area contributed by atoms with E-state index >= 15 is 0 Å². The summed E-state index contributed by atoms with van der Waals surface area (Å²) in [5, 5.41) is 2.05. The molecule has 0 aromatic carbocycles. The maximum absolute atomic E-state index is 10.6. The van der Waals surface area contributed by atoms with Gasteiger partial charge in [0.15, 0.2) is 0 Å². The van der Waals surface area contributed by atoms with Crippen molar-refractivity contribution in [2.45, 2.75) is 13.8 Å². The van der Waals surface area contributed by atoms with E-state index in [0.717, 1.165) is 0 Å². The van der Waals surface area contributed by atoms with Gasteiger partial charge in [0.2, 0.25) is 5.91 Å². The largest absolute Gasteiger partial charge is 0.322 e.